The van der Waals surface area contributed by atoms with Gasteiger partial charge in [-0.3, -0.25) is 9.59 Å². The van der Waals surface area contributed by atoms with Gasteiger partial charge in [-0.2, -0.15) is 0 Å². The molecule has 0 aromatic rings. The van der Waals surface area contributed by atoms with E-state index in [1.165, 1.54) is 6.92 Å². The number of hydrogen-bond acceptors (Lipinski definition) is 3. The maximum absolute atomic E-state index is 11.9. The molecule has 2 amide bonds. The molecular weight excluding hydrogens is 254 g/mol. The molecule has 0 aliphatic carbocycles. The summed E-state index contributed by atoms with van der Waals surface area (Å²) in [6.45, 7) is 7.14. The molecular formula is C15H31N3O2. The van der Waals surface area contributed by atoms with E-state index >= 15 is 0 Å². The third-order valence-corrected chi connectivity index (χ3v) is 3.52. The van der Waals surface area contributed by atoms with Crippen LogP contribution in [-0.2, 0) is 9.59 Å². The van der Waals surface area contributed by atoms with Gasteiger partial charge in [-0.15, -0.1) is 0 Å². The summed E-state index contributed by atoms with van der Waals surface area (Å²) in [5.41, 5.74) is 5.97. The highest BCUT2D eigenvalue weighted by molar-refractivity contribution is 5.75. The standard InChI is InChI=1S/C15H31N3O2/c1-12(2)14(16)9-11-18(4)15(20)8-6-5-7-10-17-13(3)19/h12,14H,5-11,16H2,1-4H3,(H,17,19). The van der Waals surface area contributed by atoms with Gasteiger partial charge in [-0.05, 0) is 25.2 Å². The predicted octanol–water partition coefficient (Wildman–Crippen LogP) is 1.51. The molecule has 0 heterocycles. The number of carbonyl (C=O) groups is 2. The molecule has 3 N–H and O–H groups in total. The Bertz CT molecular complexity index is 293. The second kappa shape index (κ2) is 10.7. The van der Waals surface area contributed by atoms with Crippen LogP contribution >= 0.6 is 0 Å². The summed E-state index contributed by atoms with van der Waals surface area (Å²) in [4.78, 5) is 24.3. The van der Waals surface area contributed by atoms with E-state index in [2.05, 4.69) is 19.2 Å². The van der Waals surface area contributed by atoms with Crippen LogP contribution in [0.3, 0.4) is 0 Å². The highest BCUT2D eigenvalue weighted by Gasteiger charge is 2.12. The van der Waals surface area contributed by atoms with Crippen molar-refractivity contribution < 1.29 is 9.59 Å². The molecule has 1 atom stereocenters. The molecule has 0 spiro atoms. The van der Waals surface area contributed by atoms with Gasteiger partial charge >= 0.3 is 0 Å². The smallest absolute Gasteiger partial charge is 0.222 e. The summed E-state index contributed by atoms with van der Waals surface area (Å²) in [6.07, 6.45) is 4.19. The molecule has 0 aromatic heterocycles. The lowest BCUT2D eigenvalue weighted by Gasteiger charge is -2.21. The minimum atomic E-state index is 0.00213. The van der Waals surface area contributed by atoms with Crippen LogP contribution in [-0.4, -0.2) is 42.9 Å². The van der Waals surface area contributed by atoms with Crippen molar-refractivity contribution in [2.45, 2.75) is 58.9 Å². The molecule has 0 saturated heterocycles. The lowest BCUT2D eigenvalue weighted by atomic mass is 10.0. The maximum atomic E-state index is 11.9. The summed E-state index contributed by atoms with van der Waals surface area (Å²) in [5, 5.41) is 2.75. The van der Waals surface area contributed by atoms with E-state index in [0.717, 1.165) is 32.2 Å². The lowest BCUT2D eigenvalue weighted by Crippen LogP contribution is -2.34. The fraction of sp³-hybridized carbons (Fsp3) is 0.867. The monoisotopic (exact) mass is 285 g/mol. The number of nitrogens with one attached hydrogen (secondary N) is 1. The second-order valence-corrected chi connectivity index (χ2v) is 5.81. The Kier molecular flexibility index (Phi) is 10.1. The van der Waals surface area contributed by atoms with E-state index in [1.807, 2.05) is 7.05 Å². The summed E-state index contributed by atoms with van der Waals surface area (Å²) in [5.74, 6) is 0.634. The lowest BCUT2D eigenvalue weighted by molar-refractivity contribution is -0.130. The number of amides is 2. The molecule has 118 valence electrons. The highest BCUT2D eigenvalue weighted by Crippen LogP contribution is 2.06. The molecule has 0 radical (unpaired) electrons. The summed E-state index contributed by atoms with van der Waals surface area (Å²) in [7, 11) is 1.84. The van der Waals surface area contributed by atoms with Crippen LogP contribution in [0.2, 0.25) is 0 Å². The molecule has 0 fully saturated rings. The number of unbranched alkanes of at least 4 members (excludes halogenated alkanes) is 2. The van der Waals surface area contributed by atoms with E-state index in [9.17, 15) is 9.59 Å². The molecule has 0 saturated carbocycles. The van der Waals surface area contributed by atoms with Crippen molar-refractivity contribution in [2.75, 3.05) is 20.1 Å². The first-order chi connectivity index (χ1) is 9.34. The van der Waals surface area contributed by atoms with Crippen LogP contribution in [0.4, 0.5) is 0 Å². The number of nitrogens with two attached hydrogens (primary N) is 1. The van der Waals surface area contributed by atoms with Crippen LogP contribution in [0.1, 0.15) is 52.9 Å². The van der Waals surface area contributed by atoms with E-state index < -0.39 is 0 Å². The molecule has 20 heavy (non-hydrogen) atoms. The van der Waals surface area contributed by atoms with Crippen molar-refractivity contribution in [2.24, 2.45) is 11.7 Å². The molecule has 5 nitrogen and oxygen atoms in total. The van der Waals surface area contributed by atoms with Crippen molar-refractivity contribution >= 4 is 11.8 Å². The van der Waals surface area contributed by atoms with Crippen LogP contribution in [0.5, 0.6) is 0 Å². The molecule has 0 aliphatic heterocycles. The average molecular weight is 285 g/mol. The van der Waals surface area contributed by atoms with Crippen LogP contribution in [0, 0.1) is 5.92 Å². The van der Waals surface area contributed by atoms with Crippen molar-refractivity contribution in [1.82, 2.24) is 10.2 Å². The maximum Gasteiger partial charge on any atom is 0.222 e. The third-order valence-electron chi connectivity index (χ3n) is 3.52. The van der Waals surface area contributed by atoms with E-state index in [0.29, 0.717) is 18.9 Å². The van der Waals surface area contributed by atoms with Crippen LogP contribution < -0.4 is 11.1 Å². The Hall–Kier alpha value is -1.10. The van der Waals surface area contributed by atoms with E-state index in [4.69, 9.17) is 5.73 Å². The van der Waals surface area contributed by atoms with Gasteiger partial charge in [0.25, 0.3) is 0 Å². The fourth-order valence-electron chi connectivity index (χ4n) is 1.83. The van der Waals surface area contributed by atoms with Crippen molar-refractivity contribution in [3.63, 3.8) is 0 Å². The summed E-state index contributed by atoms with van der Waals surface area (Å²) >= 11 is 0. The number of hydrogen-bond donors (Lipinski definition) is 2. The second-order valence-electron chi connectivity index (χ2n) is 5.81. The first kappa shape index (κ1) is 18.9. The average Bonchev–Trinajstić information content (AvgIpc) is 2.38. The zero-order chi connectivity index (χ0) is 15.5. The summed E-state index contributed by atoms with van der Waals surface area (Å²) in [6, 6.07) is 0.155. The topological polar surface area (TPSA) is 75.4 Å². The van der Waals surface area contributed by atoms with E-state index in [1.54, 1.807) is 4.90 Å². The molecule has 0 aliphatic rings. The van der Waals surface area contributed by atoms with Crippen molar-refractivity contribution in [3.05, 3.63) is 0 Å². The molecule has 1 unspecified atom stereocenters. The largest absolute Gasteiger partial charge is 0.356 e. The minimum absolute atomic E-state index is 0.00213. The summed E-state index contributed by atoms with van der Waals surface area (Å²) < 4.78 is 0. The Morgan fingerprint density at radius 2 is 1.85 bits per heavy atom. The van der Waals surface area contributed by atoms with Gasteiger partial charge in [0.1, 0.15) is 0 Å². The van der Waals surface area contributed by atoms with Crippen LogP contribution in [0.25, 0.3) is 0 Å². The molecule has 0 aromatic carbocycles. The number of nitrogens with zero attached hydrogens (tertiary/aromatic N) is 1. The first-order valence-electron chi connectivity index (χ1n) is 7.58. The fourth-order valence-corrected chi connectivity index (χ4v) is 1.83. The molecule has 0 bridgehead atoms. The minimum Gasteiger partial charge on any atom is -0.356 e. The van der Waals surface area contributed by atoms with Gasteiger partial charge in [0.2, 0.25) is 11.8 Å². The Labute approximate surface area is 123 Å². The van der Waals surface area contributed by atoms with Gasteiger partial charge in [0.05, 0.1) is 0 Å². The molecule has 0 rings (SSSR count). The Balaban J connectivity index is 3.62. The highest BCUT2D eigenvalue weighted by atomic mass is 16.2. The quantitative estimate of drug-likeness (QED) is 0.597. The van der Waals surface area contributed by atoms with Crippen molar-refractivity contribution in [3.8, 4) is 0 Å². The van der Waals surface area contributed by atoms with E-state index in [-0.39, 0.29) is 17.9 Å². The predicted molar refractivity (Wildman–Crippen MR) is 82.2 cm³/mol. The van der Waals surface area contributed by atoms with Gasteiger partial charge in [-0.1, -0.05) is 20.3 Å². The zero-order valence-electron chi connectivity index (χ0n) is 13.4. The normalized spacial score (nSPS) is 12.3. The first-order valence-corrected chi connectivity index (χ1v) is 7.58. The Morgan fingerprint density at radius 3 is 2.40 bits per heavy atom. The molecule has 5 heteroatoms. The van der Waals surface area contributed by atoms with Gasteiger partial charge in [0.15, 0.2) is 0 Å². The van der Waals surface area contributed by atoms with Gasteiger partial charge in [-0.25, -0.2) is 0 Å². The third kappa shape index (κ3) is 9.78. The van der Waals surface area contributed by atoms with Gasteiger partial charge < -0.3 is 16.0 Å². The Morgan fingerprint density at radius 1 is 1.20 bits per heavy atom. The zero-order valence-corrected chi connectivity index (χ0v) is 13.4. The van der Waals surface area contributed by atoms with Crippen molar-refractivity contribution in [1.29, 1.82) is 0 Å². The van der Waals surface area contributed by atoms with Crippen LogP contribution in [0.15, 0.2) is 0 Å². The SMILES string of the molecule is CC(=O)NCCCCCC(=O)N(C)CCC(N)C(C)C. The van der Waals surface area contributed by atoms with Gasteiger partial charge in [0, 0.05) is 39.5 Å². The number of rotatable bonds is 10. The number of carbonyl (C=O) groups excluding carboxylic acids is 2.